The molecular weight excluding hydrogens is 180 g/mol. The lowest BCUT2D eigenvalue weighted by molar-refractivity contribution is -0.116. The lowest BCUT2D eigenvalue weighted by Gasteiger charge is -1.98. The lowest BCUT2D eigenvalue weighted by Crippen LogP contribution is -2.22. The van der Waals surface area contributed by atoms with Gasteiger partial charge in [-0.3, -0.25) is 4.79 Å². The first kappa shape index (κ1) is 12.3. The van der Waals surface area contributed by atoms with Gasteiger partial charge in [-0.1, -0.05) is 23.3 Å². The van der Waals surface area contributed by atoms with Crippen molar-refractivity contribution in [3.63, 3.8) is 0 Å². The molecule has 0 aliphatic rings. The summed E-state index contributed by atoms with van der Waals surface area (Å²) in [6.45, 7) is 2.82. The fraction of sp³-hybridized carbons (Fsp3) is 0.444. The molecule has 0 atom stereocenters. The van der Waals surface area contributed by atoms with Crippen LogP contribution in [0.1, 0.15) is 13.3 Å². The van der Waals surface area contributed by atoms with Crippen molar-refractivity contribution in [3.8, 4) is 0 Å². The fourth-order valence-corrected chi connectivity index (χ4v) is 0.719. The topological polar surface area (TPSA) is 77.9 Å². The van der Waals surface area contributed by atoms with Gasteiger partial charge in [0.15, 0.2) is 0 Å². The first-order valence-corrected chi connectivity index (χ1v) is 4.39. The molecular formula is C9H14N4O. The maximum absolute atomic E-state index is 11.0. The Morgan fingerprint density at radius 1 is 1.57 bits per heavy atom. The molecule has 0 rings (SSSR count). The highest BCUT2D eigenvalue weighted by molar-refractivity contribution is 5.87. The van der Waals surface area contributed by atoms with Crippen LogP contribution in [0.3, 0.4) is 0 Å². The number of nitrogens with zero attached hydrogens (tertiary/aromatic N) is 3. The minimum Gasteiger partial charge on any atom is -0.353 e. The first-order valence-electron chi connectivity index (χ1n) is 4.39. The van der Waals surface area contributed by atoms with Crippen molar-refractivity contribution in [2.24, 2.45) is 5.11 Å². The minimum atomic E-state index is -0.135. The predicted molar refractivity (Wildman–Crippen MR) is 55.6 cm³/mol. The van der Waals surface area contributed by atoms with Crippen molar-refractivity contribution in [3.05, 3.63) is 34.7 Å². The summed E-state index contributed by atoms with van der Waals surface area (Å²) in [5.74, 6) is -0.135. The predicted octanol–water partition coefficient (Wildman–Crippen LogP) is 1.94. The molecule has 0 heterocycles. The maximum atomic E-state index is 11.0. The molecule has 0 aromatic rings. The van der Waals surface area contributed by atoms with Gasteiger partial charge in [0.1, 0.15) is 0 Å². The molecule has 0 unspecified atom stereocenters. The van der Waals surface area contributed by atoms with E-state index in [2.05, 4.69) is 15.3 Å². The van der Waals surface area contributed by atoms with Crippen LogP contribution in [0, 0.1) is 0 Å². The van der Waals surface area contributed by atoms with Crippen LogP contribution in [0.25, 0.3) is 10.4 Å². The summed E-state index contributed by atoms with van der Waals surface area (Å²) in [5.41, 5.74) is 7.97. The van der Waals surface area contributed by atoms with E-state index in [-0.39, 0.29) is 5.91 Å². The zero-order valence-corrected chi connectivity index (χ0v) is 8.18. The summed E-state index contributed by atoms with van der Waals surface area (Å²) >= 11 is 0. The maximum Gasteiger partial charge on any atom is 0.243 e. The van der Waals surface area contributed by atoms with Crippen LogP contribution in [0.5, 0.6) is 0 Å². The molecule has 0 radical (unpaired) electrons. The van der Waals surface area contributed by atoms with Crippen molar-refractivity contribution >= 4 is 5.91 Å². The molecule has 1 amide bonds. The summed E-state index contributed by atoms with van der Waals surface area (Å²) in [5, 5.41) is 6.00. The molecule has 0 aliphatic carbocycles. The van der Waals surface area contributed by atoms with Crippen molar-refractivity contribution in [2.75, 3.05) is 13.1 Å². The fourth-order valence-electron chi connectivity index (χ4n) is 0.719. The Kier molecular flexibility index (Phi) is 8.19. The molecule has 5 nitrogen and oxygen atoms in total. The Morgan fingerprint density at radius 2 is 2.36 bits per heavy atom. The van der Waals surface area contributed by atoms with Gasteiger partial charge in [-0.15, -0.1) is 0 Å². The molecule has 76 valence electrons. The van der Waals surface area contributed by atoms with Gasteiger partial charge in [-0.25, -0.2) is 0 Å². The van der Waals surface area contributed by atoms with Crippen LogP contribution in [-0.2, 0) is 4.79 Å². The molecule has 0 spiro atoms. The first-order chi connectivity index (χ1) is 6.81. The third kappa shape index (κ3) is 8.36. The molecule has 0 bridgehead atoms. The molecule has 0 saturated carbocycles. The Hall–Kier alpha value is -1.74. The molecule has 0 aromatic carbocycles. The number of carbonyl (C=O) groups is 1. The number of allylic oxidation sites excluding steroid dienone is 3. The van der Waals surface area contributed by atoms with Crippen LogP contribution in [-0.4, -0.2) is 19.0 Å². The number of carbonyl (C=O) groups excluding carboxylic acids is 1. The largest absolute Gasteiger partial charge is 0.353 e. The highest BCUT2D eigenvalue weighted by atomic mass is 16.1. The standard InChI is InChI=1S/C9H14N4O/c1-2-3-4-6-9(14)11-7-5-8-12-13-10/h2-4,6H,5,7-8H2,1H3,(H,11,14)/b3-2+,6-4+. The zero-order valence-electron chi connectivity index (χ0n) is 8.18. The average molecular weight is 194 g/mol. The third-order valence-corrected chi connectivity index (χ3v) is 1.35. The third-order valence-electron chi connectivity index (χ3n) is 1.35. The van der Waals surface area contributed by atoms with Crippen LogP contribution < -0.4 is 5.32 Å². The molecule has 0 saturated heterocycles. The lowest BCUT2D eigenvalue weighted by atomic mass is 10.4. The van der Waals surface area contributed by atoms with E-state index in [1.165, 1.54) is 6.08 Å². The molecule has 0 aliphatic heterocycles. The van der Waals surface area contributed by atoms with Gasteiger partial charge in [0.05, 0.1) is 0 Å². The Labute approximate surface area is 83.1 Å². The van der Waals surface area contributed by atoms with E-state index in [9.17, 15) is 4.79 Å². The van der Waals surface area contributed by atoms with Crippen LogP contribution in [0.4, 0.5) is 0 Å². The smallest absolute Gasteiger partial charge is 0.243 e. The van der Waals surface area contributed by atoms with E-state index >= 15 is 0 Å². The number of nitrogens with one attached hydrogen (secondary N) is 1. The molecule has 0 fully saturated rings. The minimum absolute atomic E-state index is 0.135. The van der Waals surface area contributed by atoms with Crippen LogP contribution in [0.2, 0.25) is 0 Å². The summed E-state index contributed by atoms with van der Waals surface area (Å²) < 4.78 is 0. The Morgan fingerprint density at radius 3 is 3.00 bits per heavy atom. The molecule has 14 heavy (non-hydrogen) atoms. The van der Waals surface area contributed by atoms with E-state index in [4.69, 9.17) is 5.53 Å². The second kappa shape index (κ2) is 9.35. The number of hydrogen-bond donors (Lipinski definition) is 1. The highest BCUT2D eigenvalue weighted by Gasteiger charge is 1.91. The monoisotopic (exact) mass is 194 g/mol. The molecule has 5 heteroatoms. The number of amides is 1. The zero-order chi connectivity index (χ0) is 10.6. The highest BCUT2D eigenvalue weighted by Crippen LogP contribution is 1.81. The van der Waals surface area contributed by atoms with Crippen LogP contribution in [0.15, 0.2) is 29.4 Å². The molecule has 1 N–H and O–H groups in total. The quantitative estimate of drug-likeness (QED) is 0.172. The number of rotatable bonds is 6. The summed E-state index contributed by atoms with van der Waals surface area (Å²) in [4.78, 5) is 13.6. The normalized spacial score (nSPS) is 10.4. The number of hydrogen-bond acceptors (Lipinski definition) is 2. The van der Waals surface area contributed by atoms with Gasteiger partial charge < -0.3 is 5.32 Å². The summed E-state index contributed by atoms with van der Waals surface area (Å²) in [7, 11) is 0. The van der Waals surface area contributed by atoms with E-state index in [1.54, 1.807) is 12.2 Å². The number of azide groups is 1. The van der Waals surface area contributed by atoms with Gasteiger partial charge >= 0.3 is 0 Å². The van der Waals surface area contributed by atoms with Gasteiger partial charge in [-0.2, -0.15) is 0 Å². The van der Waals surface area contributed by atoms with Crippen molar-refractivity contribution < 1.29 is 4.79 Å². The summed E-state index contributed by atoms with van der Waals surface area (Å²) in [6, 6.07) is 0. The second-order valence-electron chi connectivity index (χ2n) is 2.48. The van der Waals surface area contributed by atoms with Gasteiger partial charge in [0, 0.05) is 24.1 Å². The van der Waals surface area contributed by atoms with Gasteiger partial charge in [-0.05, 0) is 18.9 Å². The second-order valence-corrected chi connectivity index (χ2v) is 2.48. The Balaban J connectivity index is 3.49. The van der Waals surface area contributed by atoms with E-state index in [1.807, 2.05) is 13.0 Å². The van der Waals surface area contributed by atoms with Gasteiger partial charge in [0.2, 0.25) is 5.91 Å². The summed E-state index contributed by atoms with van der Waals surface area (Å²) in [6.07, 6.45) is 7.40. The van der Waals surface area contributed by atoms with Gasteiger partial charge in [0.25, 0.3) is 0 Å². The SMILES string of the molecule is C/C=C/C=C/C(=O)NCCCN=[N+]=[N-]. The van der Waals surface area contributed by atoms with E-state index in [0.717, 1.165) is 0 Å². The van der Waals surface area contributed by atoms with Crippen molar-refractivity contribution in [1.82, 2.24) is 5.32 Å². The van der Waals surface area contributed by atoms with E-state index in [0.29, 0.717) is 19.5 Å². The van der Waals surface area contributed by atoms with Crippen molar-refractivity contribution in [2.45, 2.75) is 13.3 Å². The average Bonchev–Trinajstić information content (AvgIpc) is 2.18. The van der Waals surface area contributed by atoms with Crippen molar-refractivity contribution in [1.29, 1.82) is 0 Å². The van der Waals surface area contributed by atoms with Crippen LogP contribution >= 0.6 is 0 Å². The molecule has 0 aromatic heterocycles. The van der Waals surface area contributed by atoms with E-state index < -0.39 is 0 Å². The Bertz CT molecular complexity index is 264.